The average Bonchev–Trinajstić information content (AvgIpc) is 2.83. The van der Waals surface area contributed by atoms with Crippen molar-refractivity contribution < 1.29 is 14.3 Å². The molecule has 2 aromatic carbocycles. The molecule has 0 aliphatic carbocycles. The lowest BCUT2D eigenvalue weighted by molar-refractivity contribution is -0.114. The van der Waals surface area contributed by atoms with Crippen molar-refractivity contribution in [3.63, 3.8) is 0 Å². The molecule has 6 nitrogen and oxygen atoms in total. The minimum Gasteiger partial charge on any atom is -0.494 e. The van der Waals surface area contributed by atoms with Crippen LogP contribution in [0.1, 0.15) is 62.7 Å². The summed E-state index contributed by atoms with van der Waals surface area (Å²) in [6, 6.07) is 14.8. The number of ether oxygens (including phenoxy) is 1. The number of carbonyl (C=O) groups is 2. The van der Waals surface area contributed by atoms with Gasteiger partial charge in [0.1, 0.15) is 5.75 Å². The Morgan fingerprint density at radius 3 is 2.55 bits per heavy atom. The molecule has 1 aliphatic rings. The van der Waals surface area contributed by atoms with Gasteiger partial charge in [0.05, 0.1) is 13.2 Å². The van der Waals surface area contributed by atoms with E-state index in [1.807, 2.05) is 41.3 Å². The normalized spacial score (nSPS) is 14.1. The summed E-state index contributed by atoms with van der Waals surface area (Å²) in [4.78, 5) is 27.2. The number of unbranched alkanes of at least 4 members (excludes halogenated alkanes) is 3. The van der Waals surface area contributed by atoms with Gasteiger partial charge in [-0.1, -0.05) is 45.2 Å². The van der Waals surface area contributed by atoms with E-state index >= 15 is 0 Å². The summed E-state index contributed by atoms with van der Waals surface area (Å²) in [6.07, 6.45) is 6.75. The Hall–Kier alpha value is -3.02. The topological polar surface area (TPSA) is 70.7 Å². The van der Waals surface area contributed by atoms with Crippen LogP contribution in [0.15, 0.2) is 48.5 Å². The Morgan fingerprint density at radius 1 is 1.00 bits per heavy atom. The van der Waals surface area contributed by atoms with Gasteiger partial charge in [0.15, 0.2) is 0 Å². The molecule has 0 atom stereocenters. The van der Waals surface area contributed by atoms with E-state index in [1.165, 1.54) is 19.3 Å². The molecule has 2 amide bonds. The Kier molecular flexibility index (Phi) is 9.60. The summed E-state index contributed by atoms with van der Waals surface area (Å²) in [6.45, 7) is 6.84. The highest BCUT2D eigenvalue weighted by Crippen LogP contribution is 2.20. The van der Waals surface area contributed by atoms with Crippen LogP contribution in [0.4, 0.5) is 11.4 Å². The highest BCUT2D eigenvalue weighted by Gasteiger charge is 2.21. The van der Waals surface area contributed by atoms with Crippen LogP contribution in [0.2, 0.25) is 0 Å². The van der Waals surface area contributed by atoms with E-state index in [4.69, 9.17) is 4.74 Å². The summed E-state index contributed by atoms with van der Waals surface area (Å²) < 4.78 is 5.81. The fourth-order valence-electron chi connectivity index (χ4n) is 3.93. The van der Waals surface area contributed by atoms with Crippen molar-refractivity contribution in [3.8, 4) is 5.75 Å². The molecule has 0 bridgehead atoms. The van der Waals surface area contributed by atoms with Crippen LogP contribution >= 0.6 is 0 Å². The van der Waals surface area contributed by atoms with E-state index in [2.05, 4.69) is 24.5 Å². The Labute approximate surface area is 197 Å². The van der Waals surface area contributed by atoms with Gasteiger partial charge in [-0.2, -0.15) is 0 Å². The first-order chi connectivity index (χ1) is 16.0. The molecule has 2 aromatic rings. The van der Waals surface area contributed by atoms with Crippen molar-refractivity contribution in [2.45, 2.75) is 52.4 Å². The van der Waals surface area contributed by atoms with E-state index in [1.54, 1.807) is 12.1 Å². The second-order valence-corrected chi connectivity index (χ2v) is 8.89. The third-order valence-corrected chi connectivity index (χ3v) is 6.02. The SMILES string of the molecule is CCCCCCOc1cccc(NCC(=O)Nc2cccc(C(=O)N3CCC(C)CC3)c2)c1. The Bertz CT molecular complexity index is 907. The van der Waals surface area contributed by atoms with E-state index in [-0.39, 0.29) is 18.4 Å². The van der Waals surface area contributed by atoms with Crippen LogP contribution in [0, 0.1) is 5.92 Å². The number of likely N-dealkylation sites (tertiary alicyclic amines) is 1. The molecule has 178 valence electrons. The number of hydrogen-bond acceptors (Lipinski definition) is 4. The van der Waals surface area contributed by atoms with E-state index in [0.717, 1.165) is 43.8 Å². The number of benzene rings is 2. The van der Waals surface area contributed by atoms with Gasteiger partial charge in [0, 0.05) is 36.1 Å². The average molecular weight is 452 g/mol. The predicted octanol–water partition coefficient (Wildman–Crippen LogP) is 5.57. The fourth-order valence-corrected chi connectivity index (χ4v) is 3.93. The molecule has 6 heteroatoms. The second-order valence-electron chi connectivity index (χ2n) is 8.89. The first-order valence-corrected chi connectivity index (χ1v) is 12.2. The van der Waals surface area contributed by atoms with Crippen LogP contribution in [0.5, 0.6) is 5.75 Å². The van der Waals surface area contributed by atoms with Gasteiger partial charge < -0.3 is 20.3 Å². The van der Waals surface area contributed by atoms with Gasteiger partial charge in [-0.15, -0.1) is 0 Å². The van der Waals surface area contributed by atoms with Crippen molar-refractivity contribution in [1.82, 2.24) is 4.90 Å². The Morgan fingerprint density at radius 2 is 1.76 bits per heavy atom. The molecule has 33 heavy (non-hydrogen) atoms. The zero-order valence-electron chi connectivity index (χ0n) is 19.9. The molecule has 0 saturated carbocycles. The number of piperidine rings is 1. The third kappa shape index (κ3) is 8.12. The van der Waals surface area contributed by atoms with Crippen LogP contribution in [0.3, 0.4) is 0 Å². The number of hydrogen-bond donors (Lipinski definition) is 2. The van der Waals surface area contributed by atoms with E-state index < -0.39 is 0 Å². The highest BCUT2D eigenvalue weighted by atomic mass is 16.5. The first-order valence-electron chi connectivity index (χ1n) is 12.2. The maximum atomic E-state index is 12.8. The summed E-state index contributed by atoms with van der Waals surface area (Å²) in [7, 11) is 0. The predicted molar refractivity (Wildman–Crippen MR) is 134 cm³/mol. The van der Waals surface area contributed by atoms with Crippen LogP contribution in [-0.4, -0.2) is 43.0 Å². The maximum Gasteiger partial charge on any atom is 0.253 e. The molecule has 0 radical (unpaired) electrons. The standard InChI is InChI=1S/C27H37N3O3/c1-3-4-5-6-17-33-25-12-8-10-23(19-25)28-20-26(31)29-24-11-7-9-22(18-24)27(32)30-15-13-21(2)14-16-30/h7-12,18-19,21,28H,3-6,13-17,20H2,1-2H3,(H,29,31). The highest BCUT2D eigenvalue weighted by molar-refractivity contribution is 5.98. The molecule has 2 N–H and O–H groups in total. The Balaban J connectivity index is 1.47. The summed E-state index contributed by atoms with van der Waals surface area (Å²) in [5, 5.41) is 6.02. The molecular weight excluding hydrogens is 414 g/mol. The van der Waals surface area contributed by atoms with Gasteiger partial charge in [-0.3, -0.25) is 9.59 Å². The number of rotatable bonds is 11. The number of carbonyl (C=O) groups excluding carboxylic acids is 2. The van der Waals surface area contributed by atoms with Gasteiger partial charge >= 0.3 is 0 Å². The van der Waals surface area contributed by atoms with Crippen molar-refractivity contribution in [3.05, 3.63) is 54.1 Å². The minimum absolute atomic E-state index is 0.0302. The van der Waals surface area contributed by atoms with E-state index in [0.29, 0.717) is 23.8 Å². The van der Waals surface area contributed by atoms with Crippen molar-refractivity contribution in [1.29, 1.82) is 0 Å². The molecule has 1 saturated heterocycles. The molecule has 0 spiro atoms. The summed E-state index contributed by atoms with van der Waals surface area (Å²) in [5.74, 6) is 1.33. The van der Waals surface area contributed by atoms with Gasteiger partial charge in [-0.05, 0) is 55.5 Å². The van der Waals surface area contributed by atoms with Crippen molar-refractivity contribution >= 4 is 23.2 Å². The van der Waals surface area contributed by atoms with Crippen molar-refractivity contribution in [2.75, 3.05) is 36.9 Å². The lowest BCUT2D eigenvalue weighted by Crippen LogP contribution is -2.37. The molecule has 1 heterocycles. The van der Waals surface area contributed by atoms with Crippen LogP contribution in [0.25, 0.3) is 0 Å². The number of nitrogens with one attached hydrogen (secondary N) is 2. The monoisotopic (exact) mass is 451 g/mol. The molecule has 0 unspecified atom stereocenters. The van der Waals surface area contributed by atoms with Gasteiger partial charge in [0.25, 0.3) is 5.91 Å². The molecule has 3 rings (SSSR count). The number of nitrogens with zero attached hydrogens (tertiary/aromatic N) is 1. The second kappa shape index (κ2) is 12.9. The van der Waals surface area contributed by atoms with Gasteiger partial charge in [0.2, 0.25) is 5.91 Å². The zero-order chi connectivity index (χ0) is 23.5. The number of amides is 2. The molecule has 1 aliphatic heterocycles. The molecule has 0 aromatic heterocycles. The fraction of sp³-hybridized carbons (Fsp3) is 0.481. The third-order valence-electron chi connectivity index (χ3n) is 6.02. The molecule has 1 fully saturated rings. The summed E-state index contributed by atoms with van der Waals surface area (Å²) >= 11 is 0. The van der Waals surface area contributed by atoms with Crippen LogP contribution < -0.4 is 15.4 Å². The van der Waals surface area contributed by atoms with Gasteiger partial charge in [-0.25, -0.2) is 0 Å². The van der Waals surface area contributed by atoms with E-state index in [9.17, 15) is 9.59 Å². The lowest BCUT2D eigenvalue weighted by atomic mass is 9.98. The largest absolute Gasteiger partial charge is 0.494 e. The first kappa shape index (κ1) is 24.6. The van der Waals surface area contributed by atoms with Crippen LogP contribution in [-0.2, 0) is 4.79 Å². The quantitative estimate of drug-likeness (QED) is 0.438. The van der Waals surface area contributed by atoms with Crippen molar-refractivity contribution in [2.24, 2.45) is 5.92 Å². The summed E-state index contributed by atoms with van der Waals surface area (Å²) in [5.41, 5.74) is 2.07. The lowest BCUT2D eigenvalue weighted by Gasteiger charge is -2.30. The maximum absolute atomic E-state index is 12.8. The minimum atomic E-state index is -0.169. The smallest absolute Gasteiger partial charge is 0.253 e. The number of anilines is 2. The molecular formula is C27H37N3O3. The zero-order valence-corrected chi connectivity index (χ0v) is 19.9.